The summed E-state index contributed by atoms with van der Waals surface area (Å²) in [5.41, 5.74) is 15.9. The lowest BCUT2D eigenvalue weighted by Gasteiger charge is -2.07. The van der Waals surface area contributed by atoms with Crippen LogP contribution in [0.5, 0.6) is 0 Å². The molecule has 1 aromatic rings. The van der Waals surface area contributed by atoms with Crippen LogP contribution in [0.3, 0.4) is 0 Å². The SMILES string of the molecule is C=Cc1ccc(C(/C(C)=C\N)=C(\C)N)[nH]1. The number of aromatic nitrogens is 1. The lowest BCUT2D eigenvalue weighted by molar-refractivity contribution is 1.24. The highest BCUT2D eigenvalue weighted by Gasteiger charge is 2.08. The van der Waals surface area contributed by atoms with E-state index in [1.54, 1.807) is 12.3 Å². The van der Waals surface area contributed by atoms with Gasteiger partial charge in [-0.05, 0) is 43.8 Å². The van der Waals surface area contributed by atoms with Crippen molar-refractivity contribution >= 4 is 11.6 Å². The quantitative estimate of drug-likeness (QED) is 0.659. The molecule has 0 aliphatic heterocycles. The van der Waals surface area contributed by atoms with E-state index in [4.69, 9.17) is 11.5 Å². The van der Waals surface area contributed by atoms with Gasteiger partial charge in [-0.1, -0.05) is 6.58 Å². The number of hydrogen-bond acceptors (Lipinski definition) is 2. The molecule has 0 bridgehead atoms. The Morgan fingerprint density at radius 3 is 2.47 bits per heavy atom. The molecular formula is C12H17N3. The molecule has 15 heavy (non-hydrogen) atoms. The Morgan fingerprint density at radius 2 is 2.07 bits per heavy atom. The van der Waals surface area contributed by atoms with Crippen LogP contribution in [0.1, 0.15) is 25.2 Å². The van der Waals surface area contributed by atoms with Gasteiger partial charge in [0.2, 0.25) is 0 Å². The molecule has 0 radical (unpaired) electrons. The monoisotopic (exact) mass is 203 g/mol. The highest BCUT2D eigenvalue weighted by molar-refractivity contribution is 5.79. The molecule has 5 N–H and O–H groups in total. The van der Waals surface area contributed by atoms with E-state index in [0.29, 0.717) is 0 Å². The predicted molar refractivity (Wildman–Crippen MR) is 65.6 cm³/mol. The van der Waals surface area contributed by atoms with Gasteiger partial charge in [0.1, 0.15) is 0 Å². The van der Waals surface area contributed by atoms with E-state index in [9.17, 15) is 0 Å². The van der Waals surface area contributed by atoms with Gasteiger partial charge >= 0.3 is 0 Å². The molecule has 0 atom stereocenters. The molecule has 0 amide bonds. The second kappa shape index (κ2) is 4.55. The van der Waals surface area contributed by atoms with Crippen molar-refractivity contribution in [3.8, 4) is 0 Å². The molecule has 0 fully saturated rings. The van der Waals surface area contributed by atoms with Crippen molar-refractivity contribution in [1.82, 2.24) is 4.98 Å². The number of allylic oxidation sites excluding steroid dienone is 3. The third-order valence-electron chi connectivity index (χ3n) is 2.24. The minimum absolute atomic E-state index is 0.742. The molecule has 1 rings (SSSR count). The van der Waals surface area contributed by atoms with E-state index < -0.39 is 0 Å². The zero-order chi connectivity index (χ0) is 11.4. The highest BCUT2D eigenvalue weighted by Crippen LogP contribution is 2.23. The van der Waals surface area contributed by atoms with Gasteiger partial charge in [-0.2, -0.15) is 0 Å². The number of rotatable bonds is 3. The van der Waals surface area contributed by atoms with E-state index in [-0.39, 0.29) is 0 Å². The van der Waals surface area contributed by atoms with Gasteiger partial charge in [-0.25, -0.2) is 0 Å². The Labute approximate surface area is 90.2 Å². The van der Waals surface area contributed by atoms with Crippen LogP contribution in [-0.4, -0.2) is 4.98 Å². The molecule has 0 aliphatic carbocycles. The highest BCUT2D eigenvalue weighted by atomic mass is 14.7. The number of hydrogen-bond donors (Lipinski definition) is 3. The van der Waals surface area contributed by atoms with Gasteiger partial charge in [0, 0.05) is 22.7 Å². The van der Waals surface area contributed by atoms with Crippen LogP contribution in [0.4, 0.5) is 0 Å². The maximum absolute atomic E-state index is 5.83. The van der Waals surface area contributed by atoms with Crippen molar-refractivity contribution in [2.45, 2.75) is 13.8 Å². The van der Waals surface area contributed by atoms with Gasteiger partial charge < -0.3 is 16.5 Å². The molecule has 3 nitrogen and oxygen atoms in total. The fraction of sp³-hybridized carbons (Fsp3) is 0.167. The molecule has 3 heteroatoms. The predicted octanol–water partition coefficient (Wildman–Crippen LogP) is 2.21. The normalized spacial score (nSPS) is 13.6. The topological polar surface area (TPSA) is 67.8 Å². The van der Waals surface area contributed by atoms with E-state index in [2.05, 4.69) is 11.6 Å². The summed E-state index contributed by atoms with van der Waals surface area (Å²) >= 11 is 0. The van der Waals surface area contributed by atoms with Crippen LogP contribution in [0, 0.1) is 0 Å². The Kier molecular flexibility index (Phi) is 3.39. The first kappa shape index (κ1) is 11.2. The second-order valence-corrected chi connectivity index (χ2v) is 3.44. The fourth-order valence-corrected chi connectivity index (χ4v) is 1.50. The summed E-state index contributed by atoms with van der Waals surface area (Å²) in [6.07, 6.45) is 3.31. The zero-order valence-electron chi connectivity index (χ0n) is 9.17. The molecule has 0 aliphatic rings. The van der Waals surface area contributed by atoms with Crippen molar-refractivity contribution in [3.05, 3.63) is 47.6 Å². The molecule has 0 saturated heterocycles. The summed E-state index contributed by atoms with van der Waals surface area (Å²) in [6, 6.07) is 3.92. The molecular weight excluding hydrogens is 186 g/mol. The summed E-state index contributed by atoms with van der Waals surface area (Å²) in [7, 11) is 0. The molecule has 0 spiro atoms. The smallest absolute Gasteiger partial charge is 0.0479 e. The number of H-pyrrole nitrogens is 1. The Morgan fingerprint density at radius 1 is 1.40 bits per heavy atom. The van der Waals surface area contributed by atoms with Gasteiger partial charge in [0.05, 0.1) is 0 Å². The first-order valence-electron chi connectivity index (χ1n) is 4.77. The standard InChI is InChI=1S/C12H17N3/c1-4-10-5-6-11(15-10)12(9(3)14)8(2)7-13/h4-7,15H,1,13-14H2,2-3H3/b8-7-,12-9+. The Hall–Kier alpha value is -1.90. The fourth-order valence-electron chi connectivity index (χ4n) is 1.50. The zero-order valence-corrected chi connectivity index (χ0v) is 9.17. The minimum Gasteiger partial charge on any atom is -0.404 e. The van der Waals surface area contributed by atoms with Crippen LogP contribution in [-0.2, 0) is 0 Å². The van der Waals surface area contributed by atoms with Gasteiger partial charge in [-0.15, -0.1) is 0 Å². The van der Waals surface area contributed by atoms with Crippen molar-refractivity contribution in [2.24, 2.45) is 11.5 Å². The molecule has 1 heterocycles. The van der Waals surface area contributed by atoms with E-state index >= 15 is 0 Å². The molecule has 0 unspecified atom stereocenters. The number of nitrogens with two attached hydrogens (primary N) is 2. The van der Waals surface area contributed by atoms with Gasteiger partial charge in [0.25, 0.3) is 0 Å². The molecule has 1 aromatic heterocycles. The van der Waals surface area contributed by atoms with Crippen LogP contribution in [0.15, 0.2) is 36.2 Å². The first-order valence-corrected chi connectivity index (χ1v) is 4.77. The second-order valence-electron chi connectivity index (χ2n) is 3.44. The summed E-state index contributed by atoms with van der Waals surface area (Å²) in [6.45, 7) is 7.48. The average Bonchev–Trinajstić information content (AvgIpc) is 2.65. The number of nitrogens with one attached hydrogen (secondary N) is 1. The molecule has 0 saturated carbocycles. The van der Waals surface area contributed by atoms with E-state index in [1.165, 1.54) is 0 Å². The first-order chi connectivity index (χ1) is 7.10. The summed E-state index contributed by atoms with van der Waals surface area (Å²) < 4.78 is 0. The van der Waals surface area contributed by atoms with Crippen LogP contribution in [0.25, 0.3) is 11.6 Å². The van der Waals surface area contributed by atoms with Gasteiger partial charge in [0.15, 0.2) is 0 Å². The van der Waals surface area contributed by atoms with E-state index in [1.807, 2.05) is 26.0 Å². The van der Waals surface area contributed by atoms with Crippen molar-refractivity contribution in [1.29, 1.82) is 0 Å². The van der Waals surface area contributed by atoms with Crippen molar-refractivity contribution in [2.75, 3.05) is 0 Å². The molecule has 0 aromatic carbocycles. The summed E-state index contributed by atoms with van der Waals surface area (Å²) in [4.78, 5) is 3.21. The Balaban J connectivity index is 3.23. The van der Waals surface area contributed by atoms with Crippen molar-refractivity contribution < 1.29 is 0 Å². The van der Waals surface area contributed by atoms with Crippen LogP contribution >= 0.6 is 0 Å². The largest absolute Gasteiger partial charge is 0.404 e. The summed E-state index contributed by atoms with van der Waals surface area (Å²) in [5, 5.41) is 0. The van der Waals surface area contributed by atoms with Gasteiger partial charge in [-0.3, -0.25) is 0 Å². The lowest BCUT2D eigenvalue weighted by Crippen LogP contribution is -2.01. The summed E-state index contributed by atoms with van der Waals surface area (Å²) in [5.74, 6) is 0. The minimum atomic E-state index is 0.742. The number of aromatic amines is 1. The molecule has 80 valence electrons. The van der Waals surface area contributed by atoms with Crippen LogP contribution < -0.4 is 11.5 Å². The lowest BCUT2D eigenvalue weighted by atomic mass is 10.0. The van der Waals surface area contributed by atoms with Crippen molar-refractivity contribution in [3.63, 3.8) is 0 Å². The third kappa shape index (κ3) is 2.31. The average molecular weight is 203 g/mol. The maximum Gasteiger partial charge on any atom is 0.0479 e. The van der Waals surface area contributed by atoms with Crippen LogP contribution in [0.2, 0.25) is 0 Å². The third-order valence-corrected chi connectivity index (χ3v) is 2.24. The Bertz CT molecular complexity index is 418. The van der Waals surface area contributed by atoms with E-state index in [0.717, 1.165) is 28.2 Å². The maximum atomic E-state index is 5.83.